The van der Waals surface area contributed by atoms with Gasteiger partial charge in [-0.2, -0.15) is 0 Å². The van der Waals surface area contributed by atoms with Gasteiger partial charge < -0.3 is 15.4 Å². The number of anilines is 1. The molecule has 1 aromatic heterocycles. The molecule has 1 aromatic rings. The number of thiophene rings is 1. The Bertz CT molecular complexity index is 663. The quantitative estimate of drug-likeness (QED) is 0.631. The molecule has 1 heterocycles. The van der Waals surface area contributed by atoms with Crippen LogP contribution in [0, 0.1) is 5.92 Å². The van der Waals surface area contributed by atoms with Crippen molar-refractivity contribution in [2.75, 3.05) is 12.4 Å². The van der Waals surface area contributed by atoms with E-state index in [1.54, 1.807) is 0 Å². The fourth-order valence-electron chi connectivity index (χ4n) is 3.60. The first-order valence-corrected chi connectivity index (χ1v) is 9.64. The van der Waals surface area contributed by atoms with Crippen molar-refractivity contribution in [1.29, 1.82) is 0 Å². The van der Waals surface area contributed by atoms with Gasteiger partial charge in [-0.15, -0.1) is 11.3 Å². The Morgan fingerprint density at radius 2 is 2.00 bits per heavy atom. The maximum Gasteiger partial charge on any atom is 0.341 e. The number of ether oxygens (including phenoxy) is 1. The zero-order valence-corrected chi connectivity index (χ0v) is 15.4. The summed E-state index contributed by atoms with van der Waals surface area (Å²) in [6.45, 7) is 0. The minimum absolute atomic E-state index is 0.0527. The highest BCUT2D eigenvalue weighted by Gasteiger charge is 2.28. The van der Waals surface area contributed by atoms with Crippen molar-refractivity contribution in [3.63, 3.8) is 0 Å². The lowest BCUT2D eigenvalue weighted by Gasteiger charge is -2.12. The number of carbonyl (C=O) groups excluding carboxylic acids is 2. The number of thiocarbonyl (C=S) groups is 1. The smallest absolute Gasteiger partial charge is 0.341 e. The Hall–Kier alpha value is -1.47. The number of esters is 1. The zero-order valence-electron chi connectivity index (χ0n) is 13.8. The molecule has 1 saturated carbocycles. The van der Waals surface area contributed by atoms with Gasteiger partial charge in [0.2, 0.25) is 5.91 Å². The Morgan fingerprint density at radius 3 is 2.71 bits per heavy atom. The maximum atomic E-state index is 12.1. The van der Waals surface area contributed by atoms with E-state index in [1.807, 2.05) is 0 Å². The highest BCUT2D eigenvalue weighted by Crippen LogP contribution is 2.39. The number of rotatable bonds is 4. The predicted molar refractivity (Wildman–Crippen MR) is 98.6 cm³/mol. The monoisotopic (exact) mass is 366 g/mol. The number of aryl methyl sites for hydroxylation is 1. The van der Waals surface area contributed by atoms with Crippen LogP contribution in [-0.4, -0.2) is 24.1 Å². The molecule has 0 atom stereocenters. The SMILES string of the molecule is COC(=O)c1c(NC(=S)NC(=O)CC2CCCC2)sc2c1CCC2. The first-order valence-electron chi connectivity index (χ1n) is 8.42. The summed E-state index contributed by atoms with van der Waals surface area (Å²) in [6, 6.07) is 0. The molecule has 0 unspecified atom stereocenters. The standard InChI is InChI=1S/C17H22N2O3S2/c1-22-16(21)14-11-7-4-8-12(11)24-15(14)19-17(23)18-13(20)9-10-5-2-3-6-10/h10H,2-9H2,1H3,(H2,18,19,20,23). The van der Waals surface area contributed by atoms with E-state index in [0.717, 1.165) is 37.7 Å². The van der Waals surface area contributed by atoms with E-state index in [9.17, 15) is 9.59 Å². The summed E-state index contributed by atoms with van der Waals surface area (Å²) in [7, 11) is 1.38. The molecule has 0 saturated heterocycles. The number of hydrogen-bond donors (Lipinski definition) is 2. The van der Waals surface area contributed by atoms with E-state index in [0.29, 0.717) is 22.9 Å². The molecule has 0 spiro atoms. The van der Waals surface area contributed by atoms with Crippen LogP contribution in [-0.2, 0) is 22.4 Å². The van der Waals surface area contributed by atoms with Crippen LogP contribution in [0.1, 0.15) is 59.3 Å². The summed E-state index contributed by atoms with van der Waals surface area (Å²) in [4.78, 5) is 25.4. The molecule has 1 fully saturated rings. The molecule has 2 aliphatic rings. The van der Waals surface area contributed by atoms with E-state index in [1.165, 1.54) is 36.2 Å². The summed E-state index contributed by atoms with van der Waals surface area (Å²) in [5, 5.41) is 6.70. The van der Waals surface area contributed by atoms with Crippen LogP contribution in [0.2, 0.25) is 0 Å². The van der Waals surface area contributed by atoms with Crippen LogP contribution in [0.5, 0.6) is 0 Å². The molecule has 0 aliphatic heterocycles. The first kappa shape index (κ1) is 17.4. The van der Waals surface area contributed by atoms with Crippen molar-refractivity contribution >= 4 is 45.5 Å². The van der Waals surface area contributed by atoms with Gasteiger partial charge in [0.15, 0.2) is 5.11 Å². The van der Waals surface area contributed by atoms with Crippen molar-refractivity contribution < 1.29 is 14.3 Å². The topological polar surface area (TPSA) is 67.4 Å². The lowest BCUT2D eigenvalue weighted by molar-refractivity contribution is -0.120. The average Bonchev–Trinajstić information content (AvgIpc) is 3.23. The van der Waals surface area contributed by atoms with Crippen molar-refractivity contribution in [3.8, 4) is 0 Å². The average molecular weight is 367 g/mol. The number of fused-ring (bicyclic) bond motifs is 1. The van der Waals surface area contributed by atoms with E-state index in [4.69, 9.17) is 17.0 Å². The summed E-state index contributed by atoms with van der Waals surface area (Å²) >= 11 is 6.78. The van der Waals surface area contributed by atoms with Gasteiger partial charge in [-0.25, -0.2) is 4.79 Å². The van der Waals surface area contributed by atoms with Crippen LogP contribution in [0.15, 0.2) is 0 Å². The molecule has 3 rings (SSSR count). The number of hydrogen-bond acceptors (Lipinski definition) is 5. The third kappa shape index (κ3) is 3.78. The minimum atomic E-state index is -0.350. The lowest BCUT2D eigenvalue weighted by Crippen LogP contribution is -2.35. The summed E-state index contributed by atoms with van der Waals surface area (Å²) in [6.07, 6.45) is 8.12. The Morgan fingerprint density at radius 1 is 1.25 bits per heavy atom. The van der Waals surface area contributed by atoms with Crippen LogP contribution in [0.4, 0.5) is 5.00 Å². The fourth-order valence-corrected chi connectivity index (χ4v) is 5.16. The molecule has 130 valence electrons. The highest BCUT2D eigenvalue weighted by molar-refractivity contribution is 7.80. The summed E-state index contributed by atoms with van der Waals surface area (Å²) in [5.41, 5.74) is 1.64. The molecule has 0 aromatic carbocycles. The van der Waals surface area contributed by atoms with E-state index < -0.39 is 0 Å². The third-order valence-electron chi connectivity index (χ3n) is 4.74. The maximum absolute atomic E-state index is 12.1. The summed E-state index contributed by atoms with van der Waals surface area (Å²) in [5.74, 6) is 0.0732. The minimum Gasteiger partial charge on any atom is -0.465 e. The van der Waals surface area contributed by atoms with Gasteiger partial charge in [0.1, 0.15) is 5.00 Å². The van der Waals surface area contributed by atoms with Gasteiger partial charge in [-0.1, -0.05) is 12.8 Å². The molecular weight excluding hydrogens is 344 g/mol. The van der Waals surface area contributed by atoms with Gasteiger partial charge >= 0.3 is 5.97 Å². The molecule has 7 heteroatoms. The van der Waals surface area contributed by atoms with Crippen molar-refractivity contribution in [2.45, 2.75) is 51.4 Å². The van der Waals surface area contributed by atoms with Crippen molar-refractivity contribution in [1.82, 2.24) is 5.32 Å². The number of carbonyl (C=O) groups is 2. The van der Waals surface area contributed by atoms with E-state index >= 15 is 0 Å². The van der Waals surface area contributed by atoms with Gasteiger partial charge in [-0.05, 0) is 55.8 Å². The zero-order chi connectivity index (χ0) is 17.1. The normalized spacial score (nSPS) is 16.7. The van der Waals surface area contributed by atoms with Crippen molar-refractivity contribution in [2.24, 2.45) is 5.92 Å². The third-order valence-corrected chi connectivity index (χ3v) is 6.15. The molecule has 24 heavy (non-hydrogen) atoms. The van der Waals surface area contributed by atoms with Gasteiger partial charge in [0.25, 0.3) is 0 Å². The second kappa shape index (κ2) is 7.61. The van der Waals surface area contributed by atoms with Crippen LogP contribution in [0.25, 0.3) is 0 Å². The number of amides is 1. The first-order chi connectivity index (χ1) is 11.6. The van der Waals surface area contributed by atoms with Gasteiger partial charge in [0, 0.05) is 11.3 Å². The Kier molecular flexibility index (Phi) is 5.50. The highest BCUT2D eigenvalue weighted by atomic mass is 32.1. The van der Waals surface area contributed by atoms with Crippen LogP contribution in [0.3, 0.4) is 0 Å². The Balaban J connectivity index is 1.64. The second-order valence-corrected chi connectivity index (χ2v) is 7.92. The molecule has 2 aliphatic carbocycles. The molecule has 1 amide bonds. The van der Waals surface area contributed by atoms with Crippen molar-refractivity contribution in [3.05, 3.63) is 16.0 Å². The molecular formula is C17H22N2O3S2. The van der Waals surface area contributed by atoms with Crippen LogP contribution < -0.4 is 10.6 Å². The van der Waals surface area contributed by atoms with Crippen LogP contribution >= 0.6 is 23.6 Å². The fraction of sp³-hybridized carbons (Fsp3) is 0.588. The molecule has 2 N–H and O–H groups in total. The van der Waals surface area contributed by atoms with Gasteiger partial charge in [-0.3, -0.25) is 4.79 Å². The largest absolute Gasteiger partial charge is 0.465 e. The lowest BCUT2D eigenvalue weighted by atomic mass is 10.0. The number of nitrogens with one attached hydrogen (secondary N) is 2. The molecule has 0 bridgehead atoms. The predicted octanol–water partition coefficient (Wildman–Crippen LogP) is 3.42. The Labute approximate surface area is 151 Å². The molecule has 0 radical (unpaired) electrons. The summed E-state index contributed by atoms with van der Waals surface area (Å²) < 4.78 is 4.91. The van der Waals surface area contributed by atoms with E-state index in [-0.39, 0.29) is 17.0 Å². The van der Waals surface area contributed by atoms with E-state index in [2.05, 4.69) is 10.6 Å². The van der Waals surface area contributed by atoms with Gasteiger partial charge in [0.05, 0.1) is 12.7 Å². The number of methoxy groups -OCH3 is 1. The molecule has 5 nitrogen and oxygen atoms in total. The second-order valence-electron chi connectivity index (χ2n) is 6.41.